The molecule has 2 aliphatic rings. The number of alkyl halides is 3. The van der Waals surface area contributed by atoms with E-state index in [0.29, 0.717) is 31.4 Å². The Morgan fingerprint density at radius 3 is 2.61 bits per heavy atom. The molecule has 0 aromatic rings. The first kappa shape index (κ1) is 30.7. The van der Waals surface area contributed by atoms with Crippen molar-refractivity contribution in [1.82, 2.24) is 16.0 Å². The summed E-state index contributed by atoms with van der Waals surface area (Å²) in [5.41, 5.74) is 1.81. The first-order valence-electron chi connectivity index (χ1n) is 12.6. The molecule has 2 rings (SSSR count). The summed E-state index contributed by atoms with van der Waals surface area (Å²) in [7, 11) is 0. The number of carbonyl (C=O) groups excluding carboxylic acids is 2. The number of halogens is 3. The third kappa shape index (κ3) is 10.4. The second kappa shape index (κ2) is 14.4. The van der Waals surface area contributed by atoms with Gasteiger partial charge in [0, 0.05) is 19.5 Å². The van der Waals surface area contributed by atoms with Gasteiger partial charge in [-0.05, 0) is 63.2 Å². The van der Waals surface area contributed by atoms with E-state index in [4.69, 9.17) is 10.1 Å². The normalized spacial score (nSPS) is 22.0. The van der Waals surface area contributed by atoms with Crippen molar-refractivity contribution < 1.29 is 27.5 Å². The highest BCUT2D eigenvalue weighted by atomic mass is 19.4. The van der Waals surface area contributed by atoms with E-state index in [9.17, 15) is 22.8 Å². The van der Waals surface area contributed by atoms with Crippen molar-refractivity contribution in [2.45, 2.75) is 65.6 Å². The van der Waals surface area contributed by atoms with Crippen molar-refractivity contribution in [1.29, 1.82) is 5.41 Å². The quantitative estimate of drug-likeness (QED) is 0.168. The molecule has 7 nitrogen and oxygen atoms in total. The molecule has 4 N–H and O–H groups in total. The van der Waals surface area contributed by atoms with Gasteiger partial charge in [-0.15, -0.1) is 0 Å². The average Bonchev–Trinajstić information content (AvgIpc) is 2.86. The average molecular weight is 535 g/mol. The van der Waals surface area contributed by atoms with Crippen LogP contribution in [0.25, 0.3) is 0 Å². The van der Waals surface area contributed by atoms with Gasteiger partial charge in [-0.1, -0.05) is 42.9 Å². The molecule has 0 saturated carbocycles. The van der Waals surface area contributed by atoms with Crippen LogP contribution in [-0.2, 0) is 14.3 Å². The Kier molecular flexibility index (Phi) is 11.6. The molecular weight excluding hydrogens is 497 g/mol. The molecule has 2 atom stereocenters. The molecule has 38 heavy (non-hydrogen) atoms. The zero-order chi connectivity index (χ0) is 28.3. The van der Waals surface area contributed by atoms with Gasteiger partial charge in [0.1, 0.15) is 11.5 Å². The fraction of sp³-hybridized carbons (Fsp3) is 0.464. The van der Waals surface area contributed by atoms with E-state index in [1.165, 1.54) is 13.0 Å². The minimum atomic E-state index is -4.40. The van der Waals surface area contributed by atoms with E-state index in [2.05, 4.69) is 16.0 Å². The molecule has 0 bridgehead atoms. The van der Waals surface area contributed by atoms with Crippen LogP contribution >= 0.6 is 0 Å². The van der Waals surface area contributed by atoms with E-state index in [1.54, 1.807) is 25.2 Å². The van der Waals surface area contributed by atoms with Crippen LogP contribution in [0.1, 0.15) is 53.4 Å². The topological polar surface area (TPSA) is 103 Å². The highest BCUT2D eigenvalue weighted by Crippen LogP contribution is 2.25. The molecule has 1 aliphatic heterocycles. The van der Waals surface area contributed by atoms with Crippen molar-refractivity contribution in [2.24, 2.45) is 5.92 Å². The number of hydrogen-bond acceptors (Lipinski definition) is 5. The summed E-state index contributed by atoms with van der Waals surface area (Å²) in [6.07, 6.45) is 11.1. The maximum absolute atomic E-state index is 13.0. The molecule has 1 saturated heterocycles. The van der Waals surface area contributed by atoms with Gasteiger partial charge < -0.3 is 20.7 Å². The molecule has 208 valence electrons. The SMILES string of the molecule is CC/C=C/C(C)=C\C=C(/C)C(=N)/C(NC(C)=O)=C1\NCC(CCC2C=C(OCC(F)(F)F)C=CC2)NC1=O. The molecular formula is C28H37F3N4O3. The zero-order valence-electron chi connectivity index (χ0n) is 22.3. The highest BCUT2D eigenvalue weighted by Gasteiger charge is 2.30. The number of nitrogens with one attached hydrogen (secondary N) is 4. The lowest BCUT2D eigenvalue weighted by Crippen LogP contribution is -2.52. The van der Waals surface area contributed by atoms with Gasteiger partial charge in [-0.2, -0.15) is 13.2 Å². The molecule has 1 heterocycles. The summed E-state index contributed by atoms with van der Waals surface area (Å²) in [6, 6.07) is -0.217. The Bertz CT molecular complexity index is 1080. The first-order chi connectivity index (χ1) is 17.9. The van der Waals surface area contributed by atoms with Crippen LogP contribution in [-0.4, -0.2) is 42.9 Å². The Hall–Kier alpha value is -3.56. The minimum Gasteiger partial charge on any atom is -0.484 e. The van der Waals surface area contributed by atoms with Crippen molar-refractivity contribution >= 4 is 17.5 Å². The predicted molar refractivity (Wildman–Crippen MR) is 142 cm³/mol. The van der Waals surface area contributed by atoms with Crippen molar-refractivity contribution in [3.05, 3.63) is 70.8 Å². The number of amides is 2. The van der Waals surface area contributed by atoms with Crippen LogP contribution in [0.5, 0.6) is 0 Å². The van der Waals surface area contributed by atoms with E-state index >= 15 is 0 Å². The Labute approximate surface area is 222 Å². The van der Waals surface area contributed by atoms with E-state index < -0.39 is 24.6 Å². The van der Waals surface area contributed by atoms with Gasteiger partial charge in [0.05, 0.1) is 11.4 Å². The number of allylic oxidation sites excluding steroid dienone is 9. The van der Waals surface area contributed by atoms with E-state index in [-0.39, 0.29) is 34.8 Å². The van der Waals surface area contributed by atoms with Crippen molar-refractivity contribution in [3.63, 3.8) is 0 Å². The van der Waals surface area contributed by atoms with Gasteiger partial charge in [0.25, 0.3) is 5.91 Å². The Balaban J connectivity index is 2.06. The molecule has 1 fully saturated rings. The van der Waals surface area contributed by atoms with Crippen LogP contribution in [0.4, 0.5) is 13.2 Å². The van der Waals surface area contributed by atoms with Gasteiger partial charge in [-0.3, -0.25) is 15.0 Å². The number of ether oxygens (including phenoxy) is 1. The summed E-state index contributed by atoms with van der Waals surface area (Å²) in [5.74, 6) is -0.645. The van der Waals surface area contributed by atoms with Crippen molar-refractivity contribution in [2.75, 3.05) is 13.2 Å². The second-order valence-electron chi connectivity index (χ2n) is 9.38. The number of carbonyl (C=O) groups is 2. The summed E-state index contributed by atoms with van der Waals surface area (Å²) < 4.78 is 42.1. The van der Waals surface area contributed by atoms with Crippen LogP contribution in [0, 0.1) is 11.3 Å². The summed E-state index contributed by atoms with van der Waals surface area (Å²) in [4.78, 5) is 24.8. The number of hydrogen-bond donors (Lipinski definition) is 4. The molecule has 1 aliphatic carbocycles. The molecule has 2 amide bonds. The number of piperazine rings is 1. The smallest absolute Gasteiger partial charge is 0.422 e. The third-order valence-corrected chi connectivity index (χ3v) is 5.90. The lowest BCUT2D eigenvalue weighted by atomic mass is 9.92. The van der Waals surface area contributed by atoms with Gasteiger partial charge in [0.2, 0.25) is 5.91 Å². The lowest BCUT2D eigenvalue weighted by Gasteiger charge is -2.29. The van der Waals surface area contributed by atoms with E-state index in [0.717, 1.165) is 12.0 Å². The molecule has 0 radical (unpaired) electrons. The fourth-order valence-electron chi connectivity index (χ4n) is 3.91. The minimum absolute atomic E-state index is 0.00309. The van der Waals surface area contributed by atoms with Gasteiger partial charge >= 0.3 is 6.18 Å². The second-order valence-corrected chi connectivity index (χ2v) is 9.38. The van der Waals surface area contributed by atoms with Crippen LogP contribution in [0.3, 0.4) is 0 Å². The zero-order valence-corrected chi connectivity index (χ0v) is 22.3. The Morgan fingerprint density at radius 2 is 1.97 bits per heavy atom. The predicted octanol–water partition coefficient (Wildman–Crippen LogP) is 5.12. The standard InChI is InChI=1S/C28H37F3N4O3/c1-5-6-8-18(2)11-12-19(3)24(32)25(34-20(4)36)26-27(37)35-22(16-33-26)14-13-21-9-7-10-23(15-21)38-17-28(29,30)31/h6-8,10-12,15,21-22,32-33H,5,9,13-14,16-17H2,1-4H3,(H,34,36)(H,35,37)/b8-6+,18-11-,19-12+,26-25+,32-24?. The van der Waals surface area contributed by atoms with Crippen molar-refractivity contribution in [3.8, 4) is 0 Å². The van der Waals surface area contributed by atoms with Crippen LogP contribution < -0.4 is 16.0 Å². The first-order valence-corrected chi connectivity index (χ1v) is 12.6. The fourth-order valence-corrected chi connectivity index (χ4v) is 3.91. The molecule has 10 heteroatoms. The lowest BCUT2D eigenvalue weighted by molar-refractivity contribution is -0.164. The van der Waals surface area contributed by atoms with Crippen LogP contribution in [0.15, 0.2) is 70.8 Å². The summed E-state index contributed by atoms with van der Waals surface area (Å²) in [6.45, 7) is 6.08. The molecule has 2 unspecified atom stereocenters. The molecule has 0 aromatic carbocycles. The van der Waals surface area contributed by atoms with Gasteiger partial charge in [0.15, 0.2) is 6.61 Å². The molecule has 0 spiro atoms. The maximum Gasteiger partial charge on any atom is 0.422 e. The summed E-state index contributed by atoms with van der Waals surface area (Å²) in [5, 5.41) is 17.2. The monoisotopic (exact) mass is 534 g/mol. The van der Waals surface area contributed by atoms with E-state index in [1.807, 2.05) is 32.1 Å². The summed E-state index contributed by atoms with van der Waals surface area (Å²) >= 11 is 0. The number of rotatable bonds is 11. The largest absolute Gasteiger partial charge is 0.484 e. The van der Waals surface area contributed by atoms with Crippen LogP contribution in [0.2, 0.25) is 0 Å². The van der Waals surface area contributed by atoms with Gasteiger partial charge in [-0.25, -0.2) is 0 Å². The maximum atomic E-state index is 13.0. The highest BCUT2D eigenvalue weighted by molar-refractivity contribution is 6.15. The molecule has 0 aromatic heterocycles. The Morgan fingerprint density at radius 1 is 1.24 bits per heavy atom. The third-order valence-electron chi connectivity index (χ3n) is 5.90.